The first-order valence-corrected chi connectivity index (χ1v) is 8.12. The van der Waals surface area contributed by atoms with Gasteiger partial charge in [-0.3, -0.25) is 4.79 Å². The van der Waals surface area contributed by atoms with Crippen molar-refractivity contribution < 1.29 is 4.79 Å². The van der Waals surface area contributed by atoms with Crippen LogP contribution >= 0.6 is 36.0 Å². The molecular weight excluding hydrogens is 298 g/mol. The average molecular weight is 316 g/mol. The van der Waals surface area contributed by atoms with Crippen molar-refractivity contribution in [2.24, 2.45) is 0 Å². The number of rotatable bonds is 1. The molecule has 0 spiro atoms. The van der Waals surface area contributed by atoms with Crippen molar-refractivity contribution in [3.63, 3.8) is 0 Å². The molecule has 1 aromatic rings. The van der Waals surface area contributed by atoms with E-state index in [9.17, 15) is 4.79 Å². The molecule has 0 atom stereocenters. The van der Waals surface area contributed by atoms with E-state index in [1.165, 1.54) is 0 Å². The highest BCUT2D eigenvalue weighted by molar-refractivity contribution is 8.00. The van der Waals surface area contributed by atoms with Gasteiger partial charge in [-0.15, -0.1) is 12.6 Å². The number of halogens is 1. The molecule has 0 radical (unpaired) electrons. The van der Waals surface area contributed by atoms with Crippen molar-refractivity contribution in [2.75, 3.05) is 18.8 Å². The van der Waals surface area contributed by atoms with Gasteiger partial charge in [0.05, 0.1) is 10.6 Å². The van der Waals surface area contributed by atoms with Gasteiger partial charge < -0.3 is 4.90 Å². The highest BCUT2D eigenvalue weighted by Gasteiger charge is 2.27. The van der Waals surface area contributed by atoms with Crippen LogP contribution in [0.2, 0.25) is 5.02 Å². The molecular formula is C14H18ClNOS2. The molecule has 104 valence electrons. The minimum atomic E-state index is 0.0131. The lowest BCUT2D eigenvalue weighted by Crippen LogP contribution is -2.33. The van der Waals surface area contributed by atoms with Gasteiger partial charge in [-0.25, -0.2) is 0 Å². The number of hydrogen-bond donors (Lipinski definition) is 1. The number of hydrogen-bond acceptors (Lipinski definition) is 3. The SMILES string of the molecule is CC1(C)CCN(C(=O)c2cc(S)ccc2Cl)CCS1. The van der Waals surface area contributed by atoms with E-state index in [0.29, 0.717) is 10.6 Å². The molecule has 1 heterocycles. The second-order valence-corrected chi connectivity index (χ2v) is 8.04. The van der Waals surface area contributed by atoms with Crippen LogP contribution in [0.3, 0.4) is 0 Å². The van der Waals surface area contributed by atoms with E-state index in [0.717, 1.165) is 30.2 Å². The number of nitrogens with zero attached hydrogens (tertiary/aromatic N) is 1. The Balaban J connectivity index is 2.17. The Hall–Kier alpha value is -0.320. The third-order valence-electron chi connectivity index (χ3n) is 3.31. The first kappa shape index (κ1) is 15.1. The molecule has 0 aromatic heterocycles. The summed E-state index contributed by atoms with van der Waals surface area (Å²) >= 11 is 12.3. The summed E-state index contributed by atoms with van der Waals surface area (Å²) in [6.07, 6.45) is 1.00. The van der Waals surface area contributed by atoms with Crippen molar-refractivity contribution in [3.05, 3.63) is 28.8 Å². The van der Waals surface area contributed by atoms with Crippen molar-refractivity contribution in [1.29, 1.82) is 0 Å². The molecule has 19 heavy (non-hydrogen) atoms. The summed E-state index contributed by atoms with van der Waals surface area (Å²) in [5.41, 5.74) is 0.555. The fourth-order valence-corrected chi connectivity index (χ4v) is 3.57. The number of carbonyl (C=O) groups excluding carboxylic acids is 1. The van der Waals surface area contributed by atoms with Crippen LogP contribution in [0.15, 0.2) is 23.1 Å². The van der Waals surface area contributed by atoms with Gasteiger partial charge in [0.1, 0.15) is 0 Å². The van der Waals surface area contributed by atoms with Crippen molar-refractivity contribution in [3.8, 4) is 0 Å². The standard InChI is InChI=1S/C14H18ClNOS2/c1-14(2)5-6-16(7-8-19-14)13(17)11-9-10(18)3-4-12(11)15/h3-4,9,18H,5-8H2,1-2H3. The maximum atomic E-state index is 12.5. The van der Waals surface area contributed by atoms with Crippen LogP contribution in [-0.4, -0.2) is 34.4 Å². The minimum absolute atomic E-state index is 0.0131. The predicted molar refractivity (Wildman–Crippen MR) is 85.8 cm³/mol. The van der Waals surface area contributed by atoms with Gasteiger partial charge in [-0.05, 0) is 24.6 Å². The van der Waals surface area contributed by atoms with E-state index in [1.807, 2.05) is 16.7 Å². The van der Waals surface area contributed by atoms with Gasteiger partial charge in [0.2, 0.25) is 0 Å². The van der Waals surface area contributed by atoms with Gasteiger partial charge in [0.15, 0.2) is 0 Å². The lowest BCUT2D eigenvalue weighted by Gasteiger charge is -2.23. The molecule has 0 saturated carbocycles. The second-order valence-electron chi connectivity index (χ2n) is 5.31. The summed E-state index contributed by atoms with van der Waals surface area (Å²) in [6, 6.07) is 5.27. The molecule has 1 fully saturated rings. The highest BCUT2D eigenvalue weighted by Crippen LogP contribution is 2.31. The predicted octanol–water partition coefficient (Wildman–Crippen LogP) is 3.99. The lowest BCUT2D eigenvalue weighted by atomic mass is 10.1. The summed E-state index contributed by atoms with van der Waals surface area (Å²) in [4.78, 5) is 15.2. The summed E-state index contributed by atoms with van der Waals surface area (Å²) < 4.78 is 0.240. The van der Waals surface area contributed by atoms with Crippen LogP contribution in [0.4, 0.5) is 0 Å². The van der Waals surface area contributed by atoms with Crippen LogP contribution in [-0.2, 0) is 0 Å². The third kappa shape index (κ3) is 3.83. The quantitative estimate of drug-likeness (QED) is 0.791. The molecule has 0 N–H and O–H groups in total. The summed E-state index contributed by atoms with van der Waals surface area (Å²) in [6.45, 7) is 6.02. The van der Waals surface area contributed by atoms with Crippen molar-refractivity contribution in [2.45, 2.75) is 29.9 Å². The zero-order valence-electron chi connectivity index (χ0n) is 11.1. The summed E-state index contributed by atoms with van der Waals surface area (Å²) in [7, 11) is 0. The highest BCUT2D eigenvalue weighted by atomic mass is 35.5. The molecule has 1 aromatic carbocycles. The minimum Gasteiger partial charge on any atom is -0.338 e. The van der Waals surface area contributed by atoms with Crippen molar-refractivity contribution in [1.82, 2.24) is 4.90 Å². The van der Waals surface area contributed by atoms with Gasteiger partial charge in [-0.1, -0.05) is 25.4 Å². The Labute approximate surface area is 129 Å². The monoisotopic (exact) mass is 315 g/mol. The van der Waals surface area contributed by atoms with Gasteiger partial charge >= 0.3 is 0 Å². The molecule has 1 aliphatic rings. The van der Waals surface area contributed by atoms with Crippen LogP contribution in [0.1, 0.15) is 30.6 Å². The number of thiol groups is 1. The van der Waals surface area contributed by atoms with E-state index in [1.54, 1.807) is 18.2 Å². The molecule has 1 saturated heterocycles. The Morgan fingerprint density at radius 1 is 1.42 bits per heavy atom. The normalized spacial score (nSPS) is 19.1. The first-order chi connectivity index (χ1) is 8.89. The smallest absolute Gasteiger partial charge is 0.255 e. The van der Waals surface area contributed by atoms with E-state index in [2.05, 4.69) is 26.5 Å². The fraction of sp³-hybridized carbons (Fsp3) is 0.500. The molecule has 2 rings (SSSR count). The van der Waals surface area contributed by atoms with Crippen molar-refractivity contribution >= 4 is 41.9 Å². The molecule has 0 bridgehead atoms. The maximum Gasteiger partial charge on any atom is 0.255 e. The molecule has 1 amide bonds. The van der Waals surface area contributed by atoms with Crippen LogP contribution in [0.5, 0.6) is 0 Å². The fourth-order valence-electron chi connectivity index (χ4n) is 2.07. The number of carbonyl (C=O) groups is 1. The Morgan fingerprint density at radius 2 is 2.16 bits per heavy atom. The Kier molecular flexibility index (Phi) is 4.75. The Morgan fingerprint density at radius 3 is 2.89 bits per heavy atom. The van der Waals surface area contributed by atoms with E-state index < -0.39 is 0 Å². The van der Waals surface area contributed by atoms with Crippen LogP contribution in [0, 0.1) is 0 Å². The molecule has 0 aliphatic carbocycles. The molecule has 1 aliphatic heterocycles. The van der Waals surface area contributed by atoms with Crippen LogP contribution in [0.25, 0.3) is 0 Å². The largest absolute Gasteiger partial charge is 0.338 e. The van der Waals surface area contributed by atoms with Gasteiger partial charge in [-0.2, -0.15) is 11.8 Å². The van der Waals surface area contributed by atoms with E-state index in [4.69, 9.17) is 11.6 Å². The zero-order chi connectivity index (χ0) is 14.0. The zero-order valence-corrected chi connectivity index (χ0v) is 13.6. The van der Waals surface area contributed by atoms with Gasteiger partial charge in [0, 0.05) is 28.5 Å². The summed E-state index contributed by atoms with van der Waals surface area (Å²) in [5.74, 6) is 0.982. The third-order valence-corrected chi connectivity index (χ3v) is 5.29. The van der Waals surface area contributed by atoms with E-state index >= 15 is 0 Å². The first-order valence-electron chi connectivity index (χ1n) is 6.31. The average Bonchev–Trinajstić information content (AvgIpc) is 2.52. The maximum absolute atomic E-state index is 12.5. The lowest BCUT2D eigenvalue weighted by molar-refractivity contribution is 0.0764. The van der Waals surface area contributed by atoms with E-state index in [-0.39, 0.29) is 10.7 Å². The topological polar surface area (TPSA) is 20.3 Å². The molecule has 0 unspecified atom stereocenters. The van der Waals surface area contributed by atoms with Crippen LogP contribution < -0.4 is 0 Å². The summed E-state index contributed by atoms with van der Waals surface area (Å²) in [5, 5.41) is 0.499. The number of thioether (sulfide) groups is 1. The second kappa shape index (κ2) is 5.98. The number of amides is 1. The Bertz CT molecular complexity index is 490. The number of benzene rings is 1. The molecule has 5 heteroatoms. The van der Waals surface area contributed by atoms with Gasteiger partial charge in [0.25, 0.3) is 5.91 Å². The molecule has 2 nitrogen and oxygen atoms in total.